The predicted molar refractivity (Wildman–Crippen MR) is 66.5 cm³/mol. The molecule has 1 heterocycles. The van der Waals surface area contributed by atoms with E-state index in [2.05, 4.69) is 24.0 Å². The lowest BCUT2D eigenvalue weighted by Gasteiger charge is -2.23. The summed E-state index contributed by atoms with van der Waals surface area (Å²) in [6.45, 7) is 3.75. The van der Waals surface area contributed by atoms with Gasteiger partial charge in [-0.2, -0.15) is 0 Å². The van der Waals surface area contributed by atoms with Crippen molar-refractivity contribution < 1.29 is 5.11 Å². The number of anilines is 1. The van der Waals surface area contributed by atoms with Crippen LogP contribution in [0.2, 0.25) is 0 Å². The van der Waals surface area contributed by atoms with Crippen LogP contribution in [-0.4, -0.2) is 24.3 Å². The van der Waals surface area contributed by atoms with Crippen LogP contribution in [0.4, 0.5) is 5.69 Å². The summed E-state index contributed by atoms with van der Waals surface area (Å²) in [6.07, 6.45) is 1.61. The van der Waals surface area contributed by atoms with Crippen LogP contribution in [0.15, 0.2) is 24.3 Å². The molecule has 2 rings (SSSR count). The van der Waals surface area contributed by atoms with Crippen molar-refractivity contribution in [3.05, 3.63) is 29.8 Å². The first kappa shape index (κ1) is 11.4. The Morgan fingerprint density at radius 1 is 1.50 bits per heavy atom. The number of aliphatic hydroxyl groups excluding tert-OH is 1. The molecule has 1 saturated heterocycles. The topological polar surface area (TPSA) is 49.5 Å². The predicted octanol–water partition coefficient (Wildman–Crippen LogP) is 1.67. The van der Waals surface area contributed by atoms with Gasteiger partial charge in [0, 0.05) is 24.8 Å². The van der Waals surface area contributed by atoms with E-state index in [1.807, 2.05) is 12.1 Å². The van der Waals surface area contributed by atoms with Gasteiger partial charge in [0.05, 0.1) is 6.10 Å². The van der Waals surface area contributed by atoms with Crippen LogP contribution in [0.3, 0.4) is 0 Å². The third-order valence-corrected chi connectivity index (χ3v) is 3.28. The van der Waals surface area contributed by atoms with E-state index < -0.39 is 0 Å². The van der Waals surface area contributed by atoms with Crippen LogP contribution in [0.25, 0.3) is 0 Å². The molecule has 3 nitrogen and oxygen atoms in total. The minimum absolute atomic E-state index is 0.0916. The van der Waals surface area contributed by atoms with Gasteiger partial charge in [0.15, 0.2) is 0 Å². The minimum atomic E-state index is -0.189. The molecule has 88 valence electrons. The van der Waals surface area contributed by atoms with Crippen molar-refractivity contribution in [2.24, 2.45) is 5.73 Å². The van der Waals surface area contributed by atoms with Crippen molar-refractivity contribution >= 4 is 5.69 Å². The molecule has 0 saturated carbocycles. The second-order valence-corrected chi connectivity index (χ2v) is 4.46. The molecule has 0 spiro atoms. The largest absolute Gasteiger partial charge is 0.391 e. The van der Waals surface area contributed by atoms with E-state index in [9.17, 15) is 5.11 Å². The fourth-order valence-electron chi connectivity index (χ4n) is 2.27. The van der Waals surface area contributed by atoms with E-state index in [4.69, 9.17) is 5.73 Å². The van der Waals surface area contributed by atoms with Crippen molar-refractivity contribution in [2.45, 2.75) is 31.9 Å². The Balaban J connectivity index is 2.26. The number of benzene rings is 1. The fraction of sp³-hybridized carbons (Fsp3) is 0.538. The minimum Gasteiger partial charge on any atom is -0.391 e. The molecule has 1 aliphatic rings. The molecule has 1 aromatic rings. The average Bonchev–Trinajstić information content (AvgIpc) is 2.75. The number of aliphatic hydroxyl groups is 1. The third-order valence-electron chi connectivity index (χ3n) is 3.28. The molecular formula is C13H20N2O. The summed E-state index contributed by atoms with van der Waals surface area (Å²) in [6, 6.07) is 8.35. The van der Waals surface area contributed by atoms with E-state index in [1.54, 1.807) is 0 Å². The smallest absolute Gasteiger partial charge is 0.0731 e. The van der Waals surface area contributed by atoms with Gasteiger partial charge in [-0.25, -0.2) is 0 Å². The number of β-amino-alcohol motifs (C(OH)–C–C–N with tert-alkyl or cyclic N) is 1. The maximum atomic E-state index is 9.57. The molecule has 0 bridgehead atoms. The van der Waals surface area contributed by atoms with Gasteiger partial charge in [0.25, 0.3) is 0 Å². The van der Waals surface area contributed by atoms with Gasteiger partial charge in [0.1, 0.15) is 0 Å². The third kappa shape index (κ3) is 2.20. The second-order valence-electron chi connectivity index (χ2n) is 4.46. The van der Waals surface area contributed by atoms with E-state index in [-0.39, 0.29) is 12.1 Å². The number of nitrogens with zero attached hydrogens (tertiary/aromatic N) is 1. The molecule has 3 N–H and O–H groups in total. The van der Waals surface area contributed by atoms with E-state index in [1.165, 1.54) is 11.3 Å². The molecule has 1 aliphatic heterocycles. The van der Waals surface area contributed by atoms with Crippen LogP contribution < -0.4 is 10.6 Å². The molecular weight excluding hydrogens is 200 g/mol. The monoisotopic (exact) mass is 220 g/mol. The summed E-state index contributed by atoms with van der Waals surface area (Å²) >= 11 is 0. The summed E-state index contributed by atoms with van der Waals surface area (Å²) in [5.74, 6) is 0. The van der Waals surface area contributed by atoms with Crippen LogP contribution in [-0.2, 0) is 0 Å². The zero-order valence-corrected chi connectivity index (χ0v) is 9.76. The van der Waals surface area contributed by atoms with Crippen molar-refractivity contribution in [3.63, 3.8) is 0 Å². The van der Waals surface area contributed by atoms with Crippen LogP contribution in [0.1, 0.15) is 31.4 Å². The molecule has 2 atom stereocenters. The Kier molecular flexibility index (Phi) is 3.46. The van der Waals surface area contributed by atoms with Crippen LogP contribution in [0, 0.1) is 0 Å². The van der Waals surface area contributed by atoms with E-state index >= 15 is 0 Å². The van der Waals surface area contributed by atoms with Gasteiger partial charge in [-0.1, -0.05) is 25.1 Å². The number of hydrogen-bond donors (Lipinski definition) is 2. The highest BCUT2D eigenvalue weighted by molar-refractivity contribution is 5.55. The Morgan fingerprint density at radius 3 is 2.88 bits per heavy atom. The lowest BCUT2D eigenvalue weighted by molar-refractivity contribution is 0.198. The summed E-state index contributed by atoms with van der Waals surface area (Å²) in [7, 11) is 0. The molecule has 16 heavy (non-hydrogen) atoms. The highest BCUT2D eigenvalue weighted by Gasteiger charge is 2.23. The summed E-state index contributed by atoms with van der Waals surface area (Å²) in [5, 5.41) is 9.57. The van der Waals surface area contributed by atoms with Crippen molar-refractivity contribution in [3.8, 4) is 0 Å². The molecule has 0 radical (unpaired) electrons. The van der Waals surface area contributed by atoms with E-state index in [0.29, 0.717) is 0 Å². The number of rotatable bonds is 3. The molecule has 0 aromatic heterocycles. The Labute approximate surface area is 96.9 Å². The lowest BCUT2D eigenvalue weighted by Crippen LogP contribution is -2.24. The first-order chi connectivity index (χ1) is 7.72. The SMILES string of the molecule is CCC(N)c1ccccc1N1CCC(O)C1. The highest BCUT2D eigenvalue weighted by atomic mass is 16.3. The molecule has 0 amide bonds. The Bertz CT molecular complexity index is 354. The summed E-state index contributed by atoms with van der Waals surface area (Å²) in [5.41, 5.74) is 8.49. The first-order valence-corrected chi connectivity index (χ1v) is 6.00. The van der Waals surface area contributed by atoms with E-state index in [0.717, 1.165) is 25.9 Å². The normalized spacial score (nSPS) is 22.4. The van der Waals surface area contributed by atoms with Gasteiger partial charge in [0.2, 0.25) is 0 Å². The van der Waals surface area contributed by atoms with Gasteiger partial charge in [-0.3, -0.25) is 0 Å². The fourth-order valence-corrected chi connectivity index (χ4v) is 2.27. The molecule has 3 heteroatoms. The van der Waals surface area contributed by atoms with Crippen molar-refractivity contribution in [1.82, 2.24) is 0 Å². The van der Waals surface area contributed by atoms with Crippen LogP contribution in [0.5, 0.6) is 0 Å². The Hall–Kier alpha value is -1.06. The lowest BCUT2D eigenvalue weighted by atomic mass is 10.0. The summed E-state index contributed by atoms with van der Waals surface area (Å²) in [4.78, 5) is 2.23. The van der Waals surface area contributed by atoms with Crippen molar-refractivity contribution in [2.75, 3.05) is 18.0 Å². The van der Waals surface area contributed by atoms with Gasteiger partial charge in [-0.15, -0.1) is 0 Å². The second kappa shape index (κ2) is 4.85. The Morgan fingerprint density at radius 2 is 2.25 bits per heavy atom. The molecule has 0 aliphatic carbocycles. The molecule has 1 aromatic carbocycles. The quantitative estimate of drug-likeness (QED) is 0.814. The zero-order chi connectivity index (χ0) is 11.5. The maximum Gasteiger partial charge on any atom is 0.0731 e. The highest BCUT2D eigenvalue weighted by Crippen LogP contribution is 2.29. The average molecular weight is 220 g/mol. The molecule has 2 unspecified atom stereocenters. The first-order valence-electron chi connectivity index (χ1n) is 6.00. The van der Waals surface area contributed by atoms with Gasteiger partial charge in [-0.05, 0) is 24.5 Å². The van der Waals surface area contributed by atoms with Gasteiger partial charge >= 0.3 is 0 Å². The van der Waals surface area contributed by atoms with Crippen LogP contribution >= 0.6 is 0 Å². The zero-order valence-electron chi connectivity index (χ0n) is 9.76. The van der Waals surface area contributed by atoms with Crippen molar-refractivity contribution in [1.29, 1.82) is 0 Å². The maximum absolute atomic E-state index is 9.57. The number of para-hydroxylation sites is 1. The number of nitrogens with two attached hydrogens (primary N) is 1. The number of hydrogen-bond acceptors (Lipinski definition) is 3. The summed E-state index contributed by atoms with van der Waals surface area (Å²) < 4.78 is 0. The standard InChI is InChI=1S/C13H20N2O/c1-2-12(14)11-5-3-4-6-13(11)15-8-7-10(16)9-15/h3-6,10,12,16H,2,7-9,14H2,1H3. The molecule has 1 fully saturated rings. The van der Waals surface area contributed by atoms with Gasteiger partial charge < -0.3 is 15.7 Å².